The van der Waals surface area contributed by atoms with E-state index in [1.807, 2.05) is 0 Å². The van der Waals surface area contributed by atoms with Crippen molar-refractivity contribution in [2.75, 3.05) is 11.5 Å². The molecule has 1 aromatic heterocycles. The number of nitrogens with zero attached hydrogens (tertiary/aromatic N) is 3. The van der Waals surface area contributed by atoms with Crippen LogP contribution in [0.15, 0.2) is 6.33 Å². The molecule has 0 aromatic carbocycles. The summed E-state index contributed by atoms with van der Waals surface area (Å²) in [5.74, 6) is 0.457. The molecule has 2 heterocycles. The molecule has 2 rings (SSSR count). The molecule has 0 saturated carbocycles. The Bertz CT molecular complexity index is 414. The van der Waals surface area contributed by atoms with E-state index in [0.717, 1.165) is 0 Å². The molecule has 0 unspecified atom stereocenters. The average molecular weight is 236 g/mol. The largest absolute Gasteiger partial charge is 0.301 e. The zero-order valence-electron chi connectivity index (χ0n) is 7.43. The van der Waals surface area contributed by atoms with Gasteiger partial charge in [0.05, 0.1) is 11.5 Å². The lowest BCUT2D eigenvalue weighted by molar-refractivity contribution is 0.449. The minimum atomic E-state index is -2.82. The molecule has 14 heavy (non-hydrogen) atoms. The third-order valence-corrected chi connectivity index (χ3v) is 4.43. The van der Waals surface area contributed by atoms with Gasteiger partial charge in [0.2, 0.25) is 5.28 Å². The van der Waals surface area contributed by atoms with Crippen LogP contribution in [-0.2, 0) is 9.84 Å². The summed E-state index contributed by atoms with van der Waals surface area (Å²) >= 11 is 5.78. The van der Waals surface area contributed by atoms with Crippen LogP contribution in [0, 0.1) is 0 Å². The van der Waals surface area contributed by atoms with Crippen molar-refractivity contribution in [2.24, 2.45) is 0 Å². The van der Waals surface area contributed by atoms with Crippen LogP contribution in [0.4, 0.5) is 0 Å². The molecular formula is C7H10ClN3O2S. The average Bonchev–Trinajstić information content (AvgIpc) is 2.52. The molecule has 0 bridgehead atoms. The quantitative estimate of drug-likeness (QED) is 0.718. The third-order valence-electron chi connectivity index (χ3n) is 2.45. The zero-order valence-corrected chi connectivity index (χ0v) is 9.00. The Hall–Kier alpha value is -0.620. The summed E-state index contributed by atoms with van der Waals surface area (Å²) < 4.78 is 24.1. The van der Waals surface area contributed by atoms with Gasteiger partial charge < -0.3 is 4.57 Å². The van der Waals surface area contributed by atoms with Crippen molar-refractivity contribution >= 4 is 21.4 Å². The first-order chi connectivity index (χ1) is 6.58. The number of hydrogen-bond acceptors (Lipinski definition) is 4. The van der Waals surface area contributed by atoms with E-state index >= 15 is 0 Å². The van der Waals surface area contributed by atoms with Crippen molar-refractivity contribution < 1.29 is 8.42 Å². The van der Waals surface area contributed by atoms with Gasteiger partial charge in [-0.2, -0.15) is 0 Å². The summed E-state index contributed by atoms with van der Waals surface area (Å²) in [5, 5.41) is 7.65. The Morgan fingerprint density at radius 2 is 2.07 bits per heavy atom. The van der Waals surface area contributed by atoms with E-state index in [0.29, 0.717) is 18.1 Å². The summed E-state index contributed by atoms with van der Waals surface area (Å²) in [7, 11) is -2.82. The molecule has 7 heteroatoms. The summed E-state index contributed by atoms with van der Waals surface area (Å²) in [4.78, 5) is 0. The van der Waals surface area contributed by atoms with Gasteiger partial charge in [0.1, 0.15) is 16.2 Å². The first-order valence-electron chi connectivity index (χ1n) is 4.34. The van der Waals surface area contributed by atoms with Gasteiger partial charge in [-0.05, 0) is 24.4 Å². The normalized spacial score (nSPS) is 22.4. The number of hydrogen-bond donors (Lipinski definition) is 0. The molecule has 1 fully saturated rings. The van der Waals surface area contributed by atoms with Gasteiger partial charge in [-0.15, -0.1) is 10.2 Å². The van der Waals surface area contributed by atoms with Crippen LogP contribution in [0.1, 0.15) is 18.9 Å². The highest BCUT2D eigenvalue weighted by Gasteiger charge is 2.25. The molecule has 1 saturated heterocycles. The smallest absolute Gasteiger partial charge is 0.225 e. The van der Waals surface area contributed by atoms with Crippen LogP contribution in [0.3, 0.4) is 0 Å². The van der Waals surface area contributed by atoms with Crippen LogP contribution in [0.25, 0.3) is 0 Å². The van der Waals surface area contributed by atoms with Crippen LogP contribution in [0.2, 0.25) is 5.28 Å². The highest BCUT2D eigenvalue weighted by Crippen LogP contribution is 2.25. The SMILES string of the molecule is O=S1(=O)CCC(n2cnnc2Cl)CC1. The highest BCUT2D eigenvalue weighted by molar-refractivity contribution is 7.91. The second-order valence-corrected chi connectivity index (χ2v) is 6.03. The Balaban J connectivity index is 2.13. The molecule has 0 aliphatic carbocycles. The molecule has 1 aromatic rings. The Morgan fingerprint density at radius 3 is 2.57 bits per heavy atom. The number of rotatable bonds is 1. The fourth-order valence-corrected chi connectivity index (χ4v) is 3.32. The molecule has 5 nitrogen and oxygen atoms in total. The topological polar surface area (TPSA) is 64.8 Å². The Labute approximate surface area is 87.0 Å². The molecule has 0 N–H and O–H groups in total. The second-order valence-electron chi connectivity index (χ2n) is 3.39. The molecule has 0 radical (unpaired) electrons. The number of sulfone groups is 1. The van der Waals surface area contributed by atoms with Crippen LogP contribution >= 0.6 is 11.6 Å². The fourth-order valence-electron chi connectivity index (χ4n) is 1.63. The molecule has 1 aliphatic heterocycles. The van der Waals surface area contributed by atoms with Crippen molar-refractivity contribution in [2.45, 2.75) is 18.9 Å². The van der Waals surface area contributed by atoms with Gasteiger partial charge >= 0.3 is 0 Å². The van der Waals surface area contributed by atoms with E-state index in [1.54, 1.807) is 10.9 Å². The molecule has 0 spiro atoms. The summed E-state index contributed by atoms with van der Waals surface area (Å²) in [6.45, 7) is 0. The lowest BCUT2D eigenvalue weighted by Crippen LogP contribution is -2.25. The lowest BCUT2D eigenvalue weighted by atomic mass is 10.1. The van der Waals surface area contributed by atoms with Crippen molar-refractivity contribution in [3.63, 3.8) is 0 Å². The van der Waals surface area contributed by atoms with E-state index in [1.165, 1.54) is 0 Å². The zero-order chi connectivity index (χ0) is 10.2. The maximum atomic E-state index is 11.2. The highest BCUT2D eigenvalue weighted by atomic mass is 35.5. The monoisotopic (exact) mass is 235 g/mol. The lowest BCUT2D eigenvalue weighted by Gasteiger charge is -2.22. The Kier molecular flexibility index (Phi) is 2.48. The molecular weight excluding hydrogens is 226 g/mol. The van der Waals surface area contributed by atoms with Gasteiger partial charge in [0, 0.05) is 6.04 Å². The Morgan fingerprint density at radius 1 is 1.43 bits per heavy atom. The summed E-state index contributed by atoms with van der Waals surface area (Å²) in [6, 6.07) is 0.126. The van der Waals surface area contributed by atoms with E-state index in [2.05, 4.69) is 10.2 Å². The summed E-state index contributed by atoms with van der Waals surface area (Å²) in [5.41, 5.74) is 0. The van der Waals surface area contributed by atoms with E-state index in [9.17, 15) is 8.42 Å². The molecule has 1 aliphatic rings. The third kappa shape index (κ3) is 1.90. The van der Waals surface area contributed by atoms with Gasteiger partial charge in [0.15, 0.2) is 0 Å². The predicted octanol–water partition coefficient (Wildman–Crippen LogP) is 0.681. The standard InChI is InChI=1S/C7H10ClN3O2S/c8-7-10-9-5-11(7)6-1-3-14(12,13)4-2-6/h5-6H,1-4H2. The second kappa shape index (κ2) is 3.51. The predicted molar refractivity (Wildman–Crippen MR) is 52.0 cm³/mol. The minimum absolute atomic E-state index is 0.126. The van der Waals surface area contributed by atoms with Gasteiger partial charge in [0.25, 0.3) is 0 Å². The van der Waals surface area contributed by atoms with E-state index in [-0.39, 0.29) is 17.5 Å². The number of aromatic nitrogens is 3. The van der Waals surface area contributed by atoms with E-state index < -0.39 is 9.84 Å². The number of halogens is 1. The minimum Gasteiger partial charge on any atom is -0.301 e. The maximum absolute atomic E-state index is 11.2. The van der Waals surface area contributed by atoms with Crippen molar-refractivity contribution in [1.29, 1.82) is 0 Å². The molecule has 78 valence electrons. The van der Waals surface area contributed by atoms with Crippen LogP contribution in [-0.4, -0.2) is 34.7 Å². The van der Waals surface area contributed by atoms with Gasteiger partial charge in [-0.3, -0.25) is 0 Å². The van der Waals surface area contributed by atoms with Crippen molar-refractivity contribution in [3.8, 4) is 0 Å². The maximum Gasteiger partial charge on any atom is 0.225 e. The van der Waals surface area contributed by atoms with E-state index in [4.69, 9.17) is 11.6 Å². The first kappa shape index (κ1) is 9.92. The van der Waals surface area contributed by atoms with Crippen molar-refractivity contribution in [1.82, 2.24) is 14.8 Å². The van der Waals surface area contributed by atoms with Gasteiger partial charge in [-0.25, -0.2) is 8.42 Å². The molecule has 0 amide bonds. The van der Waals surface area contributed by atoms with Gasteiger partial charge in [-0.1, -0.05) is 0 Å². The van der Waals surface area contributed by atoms with Crippen LogP contribution in [0.5, 0.6) is 0 Å². The first-order valence-corrected chi connectivity index (χ1v) is 6.54. The molecule has 0 atom stereocenters. The summed E-state index contributed by atoms with van der Waals surface area (Å²) in [6.07, 6.45) is 2.74. The van der Waals surface area contributed by atoms with Crippen molar-refractivity contribution in [3.05, 3.63) is 11.6 Å². The van der Waals surface area contributed by atoms with Crippen LogP contribution < -0.4 is 0 Å². The fraction of sp³-hybridized carbons (Fsp3) is 0.714.